The molecule has 0 bridgehead atoms. The highest BCUT2D eigenvalue weighted by atomic mass is 79.9. The fraction of sp³-hybridized carbons (Fsp3) is 0.562. The van der Waals surface area contributed by atoms with Gasteiger partial charge in [0.05, 0.1) is 5.56 Å². The minimum Gasteiger partial charge on any atom is -0.339 e. The van der Waals surface area contributed by atoms with E-state index >= 15 is 0 Å². The van der Waals surface area contributed by atoms with Gasteiger partial charge < -0.3 is 4.90 Å². The van der Waals surface area contributed by atoms with Gasteiger partial charge >= 0.3 is 0 Å². The first-order valence-corrected chi connectivity index (χ1v) is 7.97. The number of hydrogen-bond donors (Lipinski definition) is 0. The summed E-state index contributed by atoms with van der Waals surface area (Å²) in [5, 5.41) is 0. The van der Waals surface area contributed by atoms with Gasteiger partial charge in [0.25, 0.3) is 5.91 Å². The van der Waals surface area contributed by atoms with E-state index in [1.54, 1.807) is 0 Å². The average Bonchev–Trinajstić information content (AvgIpc) is 2.66. The molecule has 0 aliphatic carbocycles. The number of amides is 1. The Morgan fingerprint density at radius 1 is 1.37 bits per heavy atom. The Bertz CT molecular complexity index is 458. The maximum atomic E-state index is 12.6. The summed E-state index contributed by atoms with van der Waals surface area (Å²) in [6, 6.07) is 5.90. The normalized spacial score (nSPS) is 20.2. The summed E-state index contributed by atoms with van der Waals surface area (Å²) in [5.74, 6) is 0.964. The number of hydrogen-bond acceptors (Lipinski definition) is 1. The topological polar surface area (TPSA) is 20.3 Å². The van der Waals surface area contributed by atoms with Gasteiger partial charge in [-0.05, 0) is 59.7 Å². The minimum absolute atomic E-state index is 0.173. The van der Waals surface area contributed by atoms with Crippen molar-refractivity contribution in [3.63, 3.8) is 0 Å². The molecule has 1 amide bonds. The number of nitrogens with zero attached hydrogens (tertiary/aromatic N) is 1. The van der Waals surface area contributed by atoms with Gasteiger partial charge in [-0.15, -0.1) is 0 Å². The van der Waals surface area contributed by atoms with Crippen molar-refractivity contribution in [2.24, 2.45) is 5.92 Å². The molecule has 1 fully saturated rings. The summed E-state index contributed by atoms with van der Waals surface area (Å²) in [6.45, 7) is 6.07. The lowest BCUT2D eigenvalue weighted by Gasteiger charge is -2.21. The first kappa shape index (κ1) is 14.6. The summed E-state index contributed by atoms with van der Waals surface area (Å²) < 4.78 is 0.941. The molecule has 104 valence electrons. The molecular weight excluding hydrogens is 302 g/mol. The van der Waals surface area contributed by atoms with Crippen LogP contribution in [0.1, 0.15) is 48.5 Å². The number of likely N-dealkylation sites (tertiary alicyclic amines) is 1. The Kier molecular flexibility index (Phi) is 5.03. The van der Waals surface area contributed by atoms with Crippen molar-refractivity contribution in [1.82, 2.24) is 4.90 Å². The highest BCUT2D eigenvalue weighted by Crippen LogP contribution is 2.25. The molecule has 2 nitrogen and oxygen atoms in total. The maximum Gasteiger partial charge on any atom is 0.255 e. The fourth-order valence-electron chi connectivity index (χ4n) is 2.76. The van der Waals surface area contributed by atoms with Crippen LogP contribution in [-0.4, -0.2) is 23.9 Å². The van der Waals surface area contributed by atoms with Gasteiger partial charge in [0, 0.05) is 17.6 Å². The van der Waals surface area contributed by atoms with Crippen LogP contribution in [-0.2, 0) is 0 Å². The van der Waals surface area contributed by atoms with Crippen LogP contribution in [0.25, 0.3) is 0 Å². The second-order valence-electron chi connectivity index (χ2n) is 5.43. The van der Waals surface area contributed by atoms with E-state index in [1.165, 1.54) is 12.8 Å². The third-order valence-electron chi connectivity index (χ3n) is 4.13. The van der Waals surface area contributed by atoms with E-state index in [2.05, 4.69) is 22.9 Å². The molecule has 1 aromatic rings. The largest absolute Gasteiger partial charge is 0.339 e. The van der Waals surface area contributed by atoms with Crippen LogP contribution >= 0.6 is 15.9 Å². The summed E-state index contributed by atoms with van der Waals surface area (Å²) in [4.78, 5) is 14.6. The molecular formula is C16H22BrNO. The predicted molar refractivity (Wildman–Crippen MR) is 82.4 cm³/mol. The summed E-state index contributed by atoms with van der Waals surface area (Å²) in [6.07, 6.45) is 4.77. The Morgan fingerprint density at radius 2 is 2.16 bits per heavy atom. The molecule has 1 aliphatic rings. The minimum atomic E-state index is 0.173. The molecule has 0 N–H and O–H groups in total. The number of benzene rings is 1. The molecule has 1 aromatic carbocycles. The van der Waals surface area contributed by atoms with Gasteiger partial charge in [-0.2, -0.15) is 0 Å². The van der Waals surface area contributed by atoms with Gasteiger partial charge in [0.1, 0.15) is 0 Å². The molecule has 1 heterocycles. The van der Waals surface area contributed by atoms with E-state index in [0.717, 1.165) is 47.4 Å². The average molecular weight is 324 g/mol. The van der Waals surface area contributed by atoms with Gasteiger partial charge in [-0.1, -0.05) is 25.5 Å². The molecule has 1 unspecified atom stereocenters. The van der Waals surface area contributed by atoms with Crippen LogP contribution in [0, 0.1) is 12.8 Å². The second kappa shape index (κ2) is 6.56. The lowest BCUT2D eigenvalue weighted by molar-refractivity contribution is 0.0759. The van der Waals surface area contributed by atoms with Crippen molar-refractivity contribution in [2.45, 2.75) is 39.5 Å². The van der Waals surface area contributed by atoms with Crippen molar-refractivity contribution in [3.8, 4) is 0 Å². The van der Waals surface area contributed by atoms with E-state index < -0.39 is 0 Å². The van der Waals surface area contributed by atoms with Crippen LogP contribution in [0.15, 0.2) is 22.7 Å². The SMILES string of the molecule is CCC1CCCN(C(=O)c2cccc(C)c2Br)CC1. The number of aryl methyl sites for hydroxylation is 1. The zero-order valence-corrected chi connectivity index (χ0v) is 13.4. The highest BCUT2D eigenvalue weighted by Gasteiger charge is 2.22. The first-order valence-electron chi connectivity index (χ1n) is 7.18. The molecule has 19 heavy (non-hydrogen) atoms. The maximum absolute atomic E-state index is 12.6. The number of carbonyl (C=O) groups is 1. The molecule has 1 atom stereocenters. The molecule has 0 radical (unpaired) electrons. The lowest BCUT2D eigenvalue weighted by Crippen LogP contribution is -2.32. The van der Waals surface area contributed by atoms with Crippen LogP contribution in [0.2, 0.25) is 0 Å². The number of carbonyl (C=O) groups excluding carboxylic acids is 1. The molecule has 0 spiro atoms. The standard InChI is InChI=1S/C16H22BrNO/c1-3-13-7-5-10-18(11-9-13)16(19)14-8-4-6-12(2)15(14)17/h4,6,8,13H,3,5,7,9-11H2,1-2H3. The van der Waals surface area contributed by atoms with Crippen LogP contribution < -0.4 is 0 Å². The summed E-state index contributed by atoms with van der Waals surface area (Å²) in [5.41, 5.74) is 1.92. The molecule has 1 saturated heterocycles. The van der Waals surface area contributed by atoms with Gasteiger partial charge in [0.15, 0.2) is 0 Å². The van der Waals surface area contributed by atoms with E-state index in [9.17, 15) is 4.79 Å². The van der Waals surface area contributed by atoms with Crippen molar-refractivity contribution in [3.05, 3.63) is 33.8 Å². The Hall–Kier alpha value is -0.830. The van der Waals surface area contributed by atoms with E-state index in [0.29, 0.717) is 0 Å². The predicted octanol–water partition coefficient (Wildman–Crippen LogP) is 4.41. The first-order chi connectivity index (χ1) is 9.13. The lowest BCUT2D eigenvalue weighted by atomic mass is 9.98. The molecule has 2 rings (SSSR count). The highest BCUT2D eigenvalue weighted by molar-refractivity contribution is 9.10. The molecule has 0 saturated carbocycles. The van der Waals surface area contributed by atoms with Crippen molar-refractivity contribution in [2.75, 3.05) is 13.1 Å². The van der Waals surface area contributed by atoms with Gasteiger partial charge in [-0.3, -0.25) is 4.79 Å². The Labute approximate surface area is 124 Å². The second-order valence-corrected chi connectivity index (χ2v) is 6.23. The van der Waals surface area contributed by atoms with Crippen LogP contribution in [0.4, 0.5) is 0 Å². The van der Waals surface area contributed by atoms with E-state index in [-0.39, 0.29) is 5.91 Å². The van der Waals surface area contributed by atoms with Crippen molar-refractivity contribution in [1.29, 1.82) is 0 Å². The van der Waals surface area contributed by atoms with Gasteiger partial charge in [0.2, 0.25) is 0 Å². The molecule has 1 aliphatic heterocycles. The Balaban J connectivity index is 2.13. The third kappa shape index (κ3) is 3.38. The number of rotatable bonds is 2. The van der Waals surface area contributed by atoms with E-state index in [1.807, 2.05) is 30.0 Å². The Morgan fingerprint density at radius 3 is 2.89 bits per heavy atom. The summed E-state index contributed by atoms with van der Waals surface area (Å²) in [7, 11) is 0. The number of halogens is 1. The zero-order valence-electron chi connectivity index (χ0n) is 11.8. The van der Waals surface area contributed by atoms with Gasteiger partial charge in [-0.25, -0.2) is 0 Å². The molecule has 0 aromatic heterocycles. The van der Waals surface area contributed by atoms with Crippen LogP contribution in [0.5, 0.6) is 0 Å². The quantitative estimate of drug-likeness (QED) is 0.789. The van der Waals surface area contributed by atoms with Crippen molar-refractivity contribution < 1.29 is 4.79 Å². The smallest absolute Gasteiger partial charge is 0.255 e. The summed E-state index contributed by atoms with van der Waals surface area (Å²) >= 11 is 3.54. The van der Waals surface area contributed by atoms with Crippen molar-refractivity contribution >= 4 is 21.8 Å². The van der Waals surface area contributed by atoms with Crippen LogP contribution in [0.3, 0.4) is 0 Å². The third-order valence-corrected chi connectivity index (χ3v) is 5.19. The van der Waals surface area contributed by atoms with E-state index in [4.69, 9.17) is 0 Å². The molecule has 3 heteroatoms. The monoisotopic (exact) mass is 323 g/mol. The fourth-order valence-corrected chi connectivity index (χ4v) is 3.19. The zero-order chi connectivity index (χ0) is 13.8.